The van der Waals surface area contributed by atoms with Crippen LogP contribution in [-0.2, 0) is 1780 Å². The van der Waals surface area contributed by atoms with Crippen LogP contribution < -0.4 is 0 Å². The molecule has 0 amide bonds. The summed E-state index contributed by atoms with van der Waals surface area (Å²) < 4.78 is 0. The first kappa shape index (κ1) is 898. The first-order chi connectivity index (χ1) is 0. The molecule has 87 heavy (non-hydrogen) atoms. The van der Waals surface area contributed by atoms with Crippen molar-refractivity contribution in [3.8, 4) is 0 Å². The molecule has 0 heterocycles. The second-order valence-electron chi connectivity index (χ2n) is 0. The van der Waals surface area contributed by atoms with E-state index in [4.69, 9.17) is 0 Å². The molecule has 0 bridgehead atoms. The van der Waals surface area contributed by atoms with Crippen molar-refractivity contribution in [1.29, 1.82) is 0 Å². The minimum atomic E-state index is 0. The molecular formula is Re87. The Morgan fingerprint density at radius 1 is 0.0115 bits per heavy atom. The minimum Gasteiger partial charge on any atom is 0 e. The molecular weight excluding hydrogens is 16200 g/mol. The van der Waals surface area contributed by atoms with Gasteiger partial charge in [-0.2, -0.15) is 0 Å². The summed E-state index contributed by atoms with van der Waals surface area (Å²) in [6, 6.07) is 0. The molecule has 0 unspecified atom stereocenters. The van der Waals surface area contributed by atoms with E-state index in [2.05, 4.69) is 0 Å². The van der Waals surface area contributed by atoms with E-state index < -0.39 is 0 Å². The van der Waals surface area contributed by atoms with Gasteiger partial charge in [0.05, 0.1) is 0 Å². The van der Waals surface area contributed by atoms with E-state index in [1.54, 1.807) is 0 Å². The molecule has 0 nitrogen and oxygen atoms in total. The fourth-order valence-electron chi connectivity index (χ4n) is 0. The van der Waals surface area contributed by atoms with E-state index in [1.807, 2.05) is 0 Å². The van der Waals surface area contributed by atoms with Gasteiger partial charge >= 0.3 is 0 Å². The van der Waals surface area contributed by atoms with Gasteiger partial charge in [-0.3, -0.25) is 0 Å². The van der Waals surface area contributed by atoms with Crippen molar-refractivity contribution < 1.29 is 1780 Å². The Labute approximate surface area is 1720 Å². The van der Waals surface area contributed by atoms with Gasteiger partial charge in [-0.15, -0.1) is 0 Å². The zero-order valence-electron chi connectivity index (χ0n) is 32.9. The quantitative estimate of drug-likeness (QED) is 0.316. The molecule has 0 aliphatic heterocycles. The average molecular weight is 16200 g/mol. The van der Waals surface area contributed by atoms with Crippen molar-refractivity contribution in [3.63, 3.8) is 0 Å². The molecule has 0 rings (SSSR count). The number of hydrogen-bond donors (Lipinski definition) is 0. The molecule has 0 aliphatic carbocycles. The summed E-state index contributed by atoms with van der Waals surface area (Å²) in [7, 11) is 0. The van der Waals surface area contributed by atoms with Crippen molar-refractivity contribution in [1.82, 2.24) is 0 Å². The zero-order chi connectivity index (χ0) is 0. The van der Waals surface area contributed by atoms with Crippen LogP contribution in [0.1, 0.15) is 0 Å². The van der Waals surface area contributed by atoms with E-state index >= 15 is 0 Å². The van der Waals surface area contributed by atoms with Crippen molar-refractivity contribution in [3.05, 3.63) is 0 Å². The molecule has 0 saturated carbocycles. The van der Waals surface area contributed by atoms with Crippen molar-refractivity contribution >= 4 is 0 Å². The summed E-state index contributed by atoms with van der Waals surface area (Å²) in [6.07, 6.45) is 0. The predicted octanol–water partition coefficient (Wildman–Crippen LogP) is -0.218. The van der Waals surface area contributed by atoms with Gasteiger partial charge in [0.15, 0.2) is 0 Å². The van der Waals surface area contributed by atoms with Crippen LogP contribution in [-0.4, -0.2) is 0 Å². The zero-order valence-corrected chi connectivity index (χ0v) is 269. The molecule has 0 aromatic rings. The Balaban J connectivity index is 0. The third-order valence-corrected chi connectivity index (χ3v) is 0. The van der Waals surface area contributed by atoms with Crippen molar-refractivity contribution in [2.24, 2.45) is 0 Å². The van der Waals surface area contributed by atoms with E-state index in [-0.39, 0.29) is 1780 Å². The van der Waals surface area contributed by atoms with Gasteiger partial charge in [-0.1, -0.05) is 0 Å². The van der Waals surface area contributed by atoms with Crippen LogP contribution in [0.4, 0.5) is 0 Å². The Morgan fingerprint density at radius 2 is 0.0115 bits per heavy atom. The van der Waals surface area contributed by atoms with Crippen LogP contribution in [0.3, 0.4) is 0 Å². The molecule has 0 aromatic carbocycles. The number of hydrogen-bond acceptors (Lipinski definition) is 0. The molecule has 0 atom stereocenters. The second-order valence-corrected chi connectivity index (χ2v) is 0. The maximum Gasteiger partial charge on any atom is 0 e. The smallest absolute Gasteiger partial charge is 0 e. The molecule has 0 saturated heterocycles. The Kier molecular flexibility index (Phi) is 9090. The van der Waals surface area contributed by atoms with Crippen LogP contribution in [0, 0.1) is 0 Å². The summed E-state index contributed by atoms with van der Waals surface area (Å²) in [6.45, 7) is 0. The van der Waals surface area contributed by atoms with E-state index in [0.717, 1.165) is 0 Å². The standard InChI is InChI=1S/87Re. The molecule has 0 spiro atoms. The summed E-state index contributed by atoms with van der Waals surface area (Å²) in [5.74, 6) is 0. The Hall–Kier alpha value is 57.6. The van der Waals surface area contributed by atoms with Gasteiger partial charge in [-0.25, -0.2) is 0 Å². The molecule has 0 N–H and O–H groups in total. The summed E-state index contributed by atoms with van der Waals surface area (Å²) in [5, 5.41) is 0. The molecule has 87 radical (unpaired) electrons. The summed E-state index contributed by atoms with van der Waals surface area (Å²) in [5.41, 5.74) is 0. The van der Waals surface area contributed by atoms with Gasteiger partial charge in [0.2, 0.25) is 0 Å². The monoisotopic (exact) mass is 16300 g/mol. The van der Waals surface area contributed by atoms with Gasteiger partial charge in [0.1, 0.15) is 0 Å². The minimum absolute atomic E-state index is 0. The van der Waals surface area contributed by atoms with Crippen LogP contribution in [0.5, 0.6) is 0 Å². The van der Waals surface area contributed by atoms with Crippen LogP contribution in [0.25, 0.3) is 0 Å². The first-order valence-corrected chi connectivity index (χ1v) is 0. The maximum atomic E-state index is 0. The SMILES string of the molecule is [Re].[Re].[Re].[Re].[Re].[Re].[Re].[Re].[Re].[Re].[Re].[Re].[Re].[Re].[Re].[Re].[Re].[Re].[Re].[Re].[Re].[Re].[Re].[Re].[Re].[Re].[Re].[Re].[Re].[Re].[Re].[Re].[Re].[Re].[Re].[Re].[Re].[Re].[Re].[Re].[Re].[Re].[Re].[Re].[Re].[Re].[Re].[Re].[Re].[Re].[Re].[Re].[Re].[Re].[Re].[Re].[Re].[Re].[Re].[Re].[Re].[Re].[Re].[Re].[Re].[Re].[Re].[Re].[Re].[Re].[Re].[Re].[Re].[Re].[Re].[Re].[Re].[Re].[Re].[Re].[Re].[Re].[Re].[Re].[Re].[Re].[Re]. The molecule has 0 aliphatic rings. The summed E-state index contributed by atoms with van der Waals surface area (Å²) in [4.78, 5) is 0. The fourth-order valence-corrected chi connectivity index (χ4v) is 0. The third-order valence-electron chi connectivity index (χ3n) is 0. The van der Waals surface area contributed by atoms with E-state index in [9.17, 15) is 0 Å². The third kappa shape index (κ3) is 868. The molecule has 609 valence electrons. The topological polar surface area (TPSA) is 0 Å². The van der Waals surface area contributed by atoms with Crippen LogP contribution >= 0.6 is 0 Å². The summed E-state index contributed by atoms with van der Waals surface area (Å²) >= 11 is 0. The number of rotatable bonds is 0. The van der Waals surface area contributed by atoms with E-state index in [1.165, 1.54) is 0 Å². The van der Waals surface area contributed by atoms with Gasteiger partial charge < -0.3 is 0 Å². The second kappa shape index (κ2) is 880. The van der Waals surface area contributed by atoms with Crippen molar-refractivity contribution in [2.45, 2.75) is 0 Å². The van der Waals surface area contributed by atoms with Gasteiger partial charge in [0, 0.05) is 1780 Å². The predicted molar refractivity (Wildman–Crippen MR) is 0 cm³/mol. The Morgan fingerprint density at radius 3 is 0.0115 bits per heavy atom. The maximum absolute atomic E-state index is 0. The van der Waals surface area contributed by atoms with Crippen molar-refractivity contribution in [2.75, 3.05) is 0 Å². The van der Waals surface area contributed by atoms with Gasteiger partial charge in [0.25, 0.3) is 0 Å². The van der Waals surface area contributed by atoms with Crippen LogP contribution in [0.2, 0.25) is 0 Å². The van der Waals surface area contributed by atoms with Gasteiger partial charge in [-0.05, 0) is 0 Å². The molecule has 0 fully saturated rings. The largest absolute Gasteiger partial charge is 0 e. The normalized spacial score (nSPS) is 0. The molecule has 87 heteroatoms. The molecule has 0 aromatic heterocycles. The van der Waals surface area contributed by atoms with E-state index in [0.29, 0.717) is 0 Å². The first-order valence-electron chi connectivity index (χ1n) is 0. The van der Waals surface area contributed by atoms with Crippen LogP contribution in [0.15, 0.2) is 0 Å². The Bertz CT molecular complexity index is 0. The fraction of sp³-hybridized carbons (Fsp3) is 0. The average Bonchev–Trinajstić information content (AvgIpc) is 0.